The number of nitrogens with two attached hydrogens (primary N) is 1. The van der Waals surface area contributed by atoms with E-state index >= 15 is 0 Å². The Labute approximate surface area is 150 Å². The van der Waals surface area contributed by atoms with Gasteiger partial charge in [-0.2, -0.15) is 0 Å². The van der Waals surface area contributed by atoms with E-state index < -0.39 is 0 Å². The number of benzene rings is 2. The summed E-state index contributed by atoms with van der Waals surface area (Å²) in [4.78, 5) is 11.7. The molecule has 3 nitrogen and oxygen atoms in total. The van der Waals surface area contributed by atoms with Crippen molar-refractivity contribution in [1.29, 1.82) is 0 Å². The van der Waals surface area contributed by atoms with Crippen LogP contribution in [0.5, 0.6) is 0 Å². The van der Waals surface area contributed by atoms with Gasteiger partial charge in [-0.1, -0.05) is 61.5 Å². The number of hydrogen-bond acceptors (Lipinski definition) is 3. The first kappa shape index (κ1) is 20.2. The Kier molecular flexibility index (Phi) is 8.51. The highest BCUT2D eigenvalue weighted by atomic mass is 35.5. The summed E-state index contributed by atoms with van der Waals surface area (Å²) in [6, 6.07) is 18.7. The standard InChI is InChI=1S/C20H25NO2.ClH/c1-3-23-20(22)15(2)13-19(21)14-16-9-11-18(12-10-16)17-7-5-4-6-8-17;/h4-12,15,19H,3,13-14,21H2,1-2H3;1H/t15-,19+;/m0./s1. The van der Waals surface area contributed by atoms with Gasteiger partial charge in [-0.15, -0.1) is 12.4 Å². The molecule has 0 unspecified atom stereocenters. The average molecular weight is 348 g/mol. The summed E-state index contributed by atoms with van der Waals surface area (Å²) < 4.78 is 5.02. The van der Waals surface area contributed by atoms with Crippen LogP contribution in [0.25, 0.3) is 11.1 Å². The van der Waals surface area contributed by atoms with Gasteiger partial charge in [0.25, 0.3) is 0 Å². The molecule has 0 spiro atoms. The molecule has 2 rings (SSSR count). The van der Waals surface area contributed by atoms with Crippen LogP contribution in [0.3, 0.4) is 0 Å². The first-order chi connectivity index (χ1) is 11.1. The Hall–Kier alpha value is -1.84. The molecule has 4 heteroatoms. The van der Waals surface area contributed by atoms with Gasteiger partial charge >= 0.3 is 5.97 Å². The fourth-order valence-electron chi connectivity index (χ4n) is 2.68. The van der Waals surface area contributed by atoms with Crippen LogP contribution in [0.15, 0.2) is 54.6 Å². The van der Waals surface area contributed by atoms with Crippen molar-refractivity contribution in [2.24, 2.45) is 11.7 Å². The van der Waals surface area contributed by atoms with E-state index in [9.17, 15) is 4.79 Å². The largest absolute Gasteiger partial charge is 0.466 e. The van der Waals surface area contributed by atoms with Gasteiger partial charge in [-0.3, -0.25) is 4.79 Å². The molecule has 0 saturated heterocycles. The lowest BCUT2D eigenvalue weighted by Gasteiger charge is -2.16. The van der Waals surface area contributed by atoms with Gasteiger partial charge in [-0.25, -0.2) is 0 Å². The van der Waals surface area contributed by atoms with E-state index in [1.807, 2.05) is 32.0 Å². The number of carbonyl (C=O) groups excluding carboxylic acids is 1. The van der Waals surface area contributed by atoms with Crippen LogP contribution in [0.1, 0.15) is 25.8 Å². The van der Waals surface area contributed by atoms with Gasteiger partial charge < -0.3 is 10.5 Å². The minimum absolute atomic E-state index is 0. The molecule has 0 amide bonds. The molecule has 130 valence electrons. The maximum absolute atomic E-state index is 11.7. The first-order valence-electron chi connectivity index (χ1n) is 8.16. The second-order valence-corrected chi connectivity index (χ2v) is 5.92. The zero-order valence-corrected chi connectivity index (χ0v) is 15.1. The van der Waals surface area contributed by atoms with E-state index in [4.69, 9.17) is 10.5 Å². The summed E-state index contributed by atoms with van der Waals surface area (Å²) in [5.41, 5.74) is 9.77. The van der Waals surface area contributed by atoms with Crippen LogP contribution in [-0.2, 0) is 16.0 Å². The van der Waals surface area contributed by atoms with E-state index in [1.54, 1.807) is 0 Å². The molecule has 2 atom stereocenters. The van der Waals surface area contributed by atoms with Crippen LogP contribution < -0.4 is 5.73 Å². The molecular weight excluding hydrogens is 322 g/mol. The summed E-state index contributed by atoms with van der Waals surface area (Å²) in [5.74, 6) is -0.323. The second kappa shape index (κ2) is 10.1. The average Bonchev–Trinajstić information content (AvgIpc) is 2.56. The van der Waals surface area contributed by atoms with E-state index in [-0.39, 0.29) is 30.3 Å². The number of halogens is 1. The Morgan fingerprint density at radius 2 is 1.62 bits per heavy atom. The van der Waals surface area contributed by atoms with Crippen LogP contribution in [0.4, 0.5) is 0 Å². The second-order valence-electron chi connectivity index (χ2n) is 5.92. The smallest absolute Gasteiger partial charge is 0.308 e. The molecule has 0 aliphatic carbocycles. The van der Waals surface area contributed by atoms with Gasteiger partial charge in [0, 0.05) is 6.04 Å². The van der Waals surface area contributed by atoms with Gasteiger partial charge in [0.05, 0.1) is 12.5 Å². The SMILES string of the molecule is CCOC(=O)[C@@H](C)C[C@@H](N)Cc1ccc(-c2ccccc2)cc1.Cl. The fourth-order valence-corrected chi connectivity index (χ4v) is 2.68. The Morgan fingerprint density at radius 3 is 2.21 bits per heavy atom. The van der Waals surface area contributed by atoms with Crippen LogP contribution in [0, 0.1) is 5.92 Å². The molecule has 0 radical (unpaired) electrons. The molecule has 0 aliphatic rings. The Bertz CT molecular complexity index is 613. The van der Waals surface area contributed by atoms with Gasteiger partial charge in [-0.05, 0) is 36.5 Å². The topological polar surface area (TPSA) is 52.3 Å². The zero-order chi connectivity index (χ0) is 16.7. The molecule has 2 N–H and O–H groups in total. The highest BCUT2D eigenvalue weighted by molar-refractivity contribution is 5.85. The van der Waals surface area contributed by atoms with Crippen molar-refractivity contribution in [3.8, 4) is 11.1 Å². The van der Waals surface area contributed by atoms with Crippen molar-refractivity contribution in [2.45, 2.75) is 32.7 Å². The lowest BCUT2D eigenvalue weighted by molar-refractivity contribution is -0.147. The lowest BCUT2D eigenvalue weighted by atomic mass is 9.95. The summed E-state index contributed by atoms with van der Waals surface area (Å²) >= 11 is 0. The van der Waals surface area contributed by atoms with Crippen molar-refractivity contribution in [2.75, 3.05) is 6.61 Å². The van der Waals surface area contributed by atoms with E-state index in [0.717, 1.165) is 6.42 Å². The molecular formula is C20H26ClNO2. The van der Waals surface area contributed by atoms with Crippen molar-refractivity contribution in [1.82, 2.24) is 0 Å². The van der Waals surface area contributed by atoms with Crippen molar-refractivity contribution in [3.05, 3.63) is 60.2 Å². The summed E-state index contributed by atoms with van der Waals surface area (Å²) in [6.07, 6.45) is 1.40. The zero-order valence-electron chi connectivity index (χ0n) is 14.3. The van der Waals surface area contributed by atoms with Crippen molar-refractivity contribution in [3.63, 3.8) is 0 Å². The van der Waals surface area contributed by atoms with Crippen LogP contribution in [0.2, 0.25) is 0 Å². The third-order valence-electron chi connectivity index (χ3n) is 3.90. The molecule has 0 bridgehead atoms. The lowest BCUT2D eigenvalue weighted by Crippen LogP contribution is -2.29. The summed E-state index contributed by atoms with van der Waals surface area (Å²) in [5, 5.41) is 0. The molecule has 0 aliphatic heterocycles. The monoisotopic (exact) mass is 347 g/mol. The maximum Gasteiger partial charge on any atom is 0.308 e. The van der Waals surface area contributed by atoms with E-state index in [2.05, 4.69) is 36.4 Å². The van der Waals surface area contributed by atoms with Crippen molar-refractivity contribution < 1.29 is 9.53 Å². The van der Waals surface area contributed by atoms with Gasteiger partial charge in [0.15, 0.2) is 0 Å². The van der Waals surface area contributed by atoms with E-state index in [1.165, 1.54) is 16.7 Å². The molecule has 0 saturated carbocycles. The Morgan fingerprint density at radius 1 is 1.04 bits per heavy atom. The number of rotatable bonds is 7. The minimum atomic E-state index is -0.164. The molecule has 2 aromatic rings. The number of carbonyl (C=O) groups is 1. The maximum atomic E-state index is 11.7. The first-order valence-corrected chi connectivity index (χ1v) is 8.16. The van der Waals surface area contributed by atoms with E-state index in [0.29, 0.717) is 13.0 Å². The molecule has 2 aromatic carbocycles. The molecule has 0 aromatic heterocycles. The number of esters is 1. The molecule has 24 heavy (non-hydrogen) atoms. The number of hydrogen-bond donors (Lipinski definition) is 1. The minimum Gasteiger partial charge on any atom is -0.466 e. The molecule has 0 fully saturated rings. The highest BCUT2D eigenvalue weighted by Crippen LogP contribution is 2.20. The number of ether oxygens (including phenoxy) is 1. The van der Waals surface area contributed by atoms with Gasteiger partial charge in [0.2, 0.25) is 0 Å². The highest BCUT2D eigenvalue weighted by Gasteiger charge is 2.17. The van der Waals surface area contributed by atoms with Crippen LogP contribution >= 0.6 is 12.4 Å². The normalized spacial score (nSPS) is 12.8. The predicted molar refractivity (Wildman–Crippen MR) is 101 cm³/mol. The van der Waals surface area contributed by atoms with Crippen molar-refractivity contribution >= 4 is 18.4 Å². The Balaban J connectivity index is 0.00000288. The van der Waals surface area contributed by atoms with Gasteiger partial charge in [0.1, 0.15) is 0 Å². The summed E-state index contributed by atoms with van der Waals surface area (Å²) in [6.45, 7) is 4.11. The third kappa shape index (κ3) is 5.99. The fraction of sp³-hybridized carbons (Fsp3) is 0.350. The molecule has 0 heterocycles. The van der Waals surface area contributed by atoms with Crippen LogP contribution in [-0.4, -0.2) is 18.6 Å². The third-order valence-corrected chi connectivity index (χ3v) is 3.90. The quantitative estimate of drug-likeness (QED) is 0.762. The predicted octanol–water partition coefficient (Wildman–Crippen LogP) is 4.23. The summed E-state index contributed by atoms with van der Waals surface area (Å²) in [7, 11) is 0.